The topological polar surface area (TPSA) is 49.8 Å². The summed E-state index contributed by atoms with van der Waals surface area (Å²) in [6.45, 7) is 6.05. The van der Waals surface area contributed by atoms with E-state index in [1.807, 2.05) is 20.0 Å². The molecule has 4 heteroatoms. The van der Waals surface area contributed by atoms with E-state index in [0.29, 0.717) is 0 Å². The summed E-state index contributed by atoms with van der Waals surface area (Å²) in [6.07, 6.45) is 0. The molecule has 0 aliphatic rings. The maximum absolute atomic E-state index is 4.37. The Morgan fingerprint density at radius 3 is 2.06 bits per heavy atom. The van der Waals surface area contributed by atoms with E-state index < -0.39 is 0 Å². The van der Waals surface area contributed by atoms with Crippen molar-refractivity contribution < 1.29 is 0 Å². The Labute approximate surface area is 107 Å². The molecule has 4 nitrogen and oxygen atoms in total. The first-order valence-electron chi connectivity index (χ1n) is 5.95. The second kappa shape index (κ2) is 5.04. The van der Waals surface area contributed by atoms with Crippen LogP contribution < -0.4 is 10.6 Å². The molecule has 1 aromatic carbocycles. The van der Waals surface area contributed by atoms with Crippen molar-refractivity contribution in [3.8, 4) is 0 Å². The Balaban J connectivity index is 2.30. The second-order valence-corrected chi connectivity index (χ2v) is 4.44. The van der Waals surface area contributed by atoms with Crippen LogP contribution in [0.15, 0.2) is 24.3 Å². The van der Waals surface area contributed by atoms with E-state index in [1.54, 1.807) is 0 Å². The van der Waals surface area contributed by atoms with Gasteiger partial charge in [0, 0.05) is 18.8 Å². The van der Waals surface area contributed by atoms with Crippen LogP contribution >= 0.6 is 0 Å². The highest BCUT2D eigenvalue weighted by Crippen LogP contribution is 2.19. The molecule has 0 unspecified atom stereocenters. The molecule has 0 saturated heterocycles. The minimum Gasteiger partial charge on any atom is -0.373 e. The van der Waals surface area contributed by atoms with Crippen molar-refractivity contribution in [2.45, 2.75) is 20.8 Å². The number of hydrogen-bond acceptors (Lipinski definition) is 4. The van der Waals surface area contributed by atoms with Gasteiger partial charge in [0.05, 0.1) is 0 Å². The molecule has 0 atom stereocenters. The van der Waals surface area contributed by atoms with Gasteiger partial charge in [0.15, 0.2) is 0 Å². The fourth-order valence-electron chi connectivity index (χ4n) is 1.95. The van der Waals surface area contributed by atoms with Gasteiger partial charge in [-0.2, -0.15) is 0 Å². The minimum atomic E-state index is 0.744. The SMILES string of the molecule is CNc1cc(Nc2cc(C)cc(C)c2)nc(C)n1. The number of rotatable bonds is 3. The Hall–Kier alpha value is -2.10. The molecule has 0 aliphatic heterocycles. The minimum absolute atomic E-state index is 0.744. The highest BCUT2D eigenvalue weighted by molar-refractivity contribution is 5.60. The van der Waals surface area contributed by atoms with Crippen molar-refractivity contribution in [2.75, 3.05) is 17.7 Å². The van der Waals surface area contributed by atoms with Gasteiger partial charge in [0.1, 0.15) is 17.5 Å². The zero-order chi connectivity index (χ0) is 13.1. The third-order valence-corrected chi connectivity index (χ3v) is 2.59. The maximum atomic E-state index is 4.37. The van der Waals surface area contributed by atoms with Crippen LogP contribution in [0.1, 0.15) is 17.0 Å². The van der Waals surface area contributed by atoms with Gasteiger partial charge in [-0.1, -0.05) is 6.07 Å². The van der Waals surface area contributed by atoms with E-state index >= 15 is 0 Å². The molecule has 94 valence electrons. The van der Waals surface area contributed by atoms with Gasteiger partial charge in [-0.05, 0) is 44.0 Å². The molecule has 1 heterocycles. The third-order valence-electron chi connectivity index (χ3n) is 2.59. The molecule has 0 radical (unpaired) electrons. The predicted octanol–water partition coefficient (Wildman–Crippen LogP) is 3.19. The largest absolute Gasteiger partial charge is 0.373 e. The summed E-state index contributed by atoms with van der Waals surface area (Å²) in [5.41, 5.74) is 3.52. The monoisotopic (exact) mass is 242 g/mol. The highest BCUT2D eigenvalue weighted by atomic mass is 15.1. The second-order valence-electron chi connectivity index (χ2n) is 4.44. The average molecular weight is 242 g/mol. The Kier molecular flexibility index (Phi) is 3.46. The normalized spacial score (nSPS) is 10.2. The molecular formula is C14H18N4. The standard InChI is InChI=1S/C14H18N4/c1-9-5-10(2)7-12(6-9)18-14-8-13(15-4)16-11(3)17-14/h5-8H,1-4H3,(H2,15,16,17,18). The molecule has 1 aromatic heterocycles. The first-order valence-corrected chi connectivity index (χ1v) is 5.95. The van der Waals surface area contributed by atoms with Gasteiger partial charge in [0.2, 0.25) is 0 Å². The van der Waals surface area contributed by atoms with Crippen molar-refractivity contribution in [1.29, 1.82) is 0 Å². The maximum Gasteiger partial charge on any atom is 0.136 e. The molecule has 0 saturated carbocycles. The van der Waals surface area contributed by atoms with Crippen molar-refractivity contribution in [3.05, 3.63) is 41.2 Å². The molecule has 0 bridgehead atoms. The first-order chi connectivity index (χ1) is 8.56. The molecule has 2 N–H and O–H groups in total. The number of nitrogens with one attached hydrogen (secondary N) is 2. The summed E-state index contributed by atoms with van der Waals surface area (Å²) in [5, 5.41) is 6.34. The van der Waals surface area contributed by atoms with E-state index in [0.717, 1.165) is 23.1 Å². The van der Waals surface area contributed by atoms with Crippen molar-refractivity contribution >= 4 is 17.3 Å². The van der Waals surface area contributed by atoms with Gasteiger partial charge in [-0.25, -0.2) is 9.97 Å². The van der Waals surface area contributed by atoms with Crippen molar-refractivity contribution in [1.82, 2.24) is 9.97 Å². The van der Waals surface area contributed by atoms with Crippen LogP contribution in [0, 0.1) is 20.8 Å². The van der Waals surface area contributed by atoms with Gasteiger partial charge in [-0.15, -0.1) is 0 Å². The first kappa shape index (κ1) is 12.4. The summed E-state index contributed by atoms with van der Waals surface area (Å²) < 4.78 is 0. The smallest absolute Gasteiger partial charge is 0.136 e. The van der Waals surface area contributed by atoms with Crippen LogP contribution in [0.25, 0.3) is 0 Å². The van der Waals surface area contributed by atoms with Gasteiger partial charge in [0.25, 0.3) is 0 Å². The molecule has 18 heavy (non-hydrogen) atoms. The lowest BCUT2D eigenvalue weighted by Crippen LogP contribution is -2.01. The van der Waals surface area contributed by atoms with Crippen LogP contribution in [0.3, 0.4) is 0 Å². The van der Waals surface area contributed by atoms with Crippen LogP contribution in [0.5, 0.6) is 0 Å². The molecule has 0 aliphatic carbocycles. The van der Waals surface area contributed by atoms with Crippen molar-refractivity contribution in [3.63, 3.8) is 0 Å². The Bertz CT molecular complexity index is 543. The van der Waals surface area contributed by atoms with E-state index in [4.69, 9.17) is 0 Å². The number of hydrogen-bond donors (Lipinski definition) is 2. The van der Waals surface area contributed by atoms with Gasteiger partial charge in [-0.3, -0.25) is 0 Å². The number of nitrogens with zero attached hydrogens (tertiary/aromatic N) is 2. The summed E-state index contributed by atoms with van der Waals surface area (Å²) in [5.74, 6) is 2.36. The molecule has 0 fully saturated rings. The van der Waals surface area contributed by atoms with Crippen LogP contribution in [0.4, 0.5) is 17.3 Å². The average Bonchev–Trinajstić information content (AvgIpc) is 2.26. The summed E-state index contributed by atoms with van der Waals surface area (Å²) in [6, 6.07) is 8.24. The van der Waals surface area contributed by atoms with E-state index in [1.165, 1.54) is 11.1 Å². The van der Waals surface area contributed by atoms with E-state index in [-0.39, 0.29) is 0 Å². The fraction of sp³-hybridized carbons (Fsp3) is 0.286. The number of aryl methyl sites for hydroxylation is 3. The van der Waals surface area contributed by atoms with Gasteiger partial charge >= 0.3 is 0 Å². The highest BCUT2D eigenvalue weighted by Gasteiger charge is 2.02. The lowest BCUT2D eigenvalue weighted by molar-refractivity contribution is 1.06. The number of benzene rings is 1. The molecule has 2 aromatic rings. The molecule has 0 spiro atoms. The van der Waals surface area contributed by atoms with E-state index in [9.17, 15) is 0 Å². The Morgan fingerprint density at radius 2 is 1.44 bits per heavy atom. The zero-order valence-corrected chi connectivity index (χ0v) is 11.2. The van der Waals surface area contributed by atoms with Crippen LogP contribution in [-0.2, 0) is 0 Å². The lowest BCUT2D eigenvalue weighted by Gasteiger charge is -2.10. The molecule has 0 amide bonds. The summed E-state index contributed by atoms with van der Waals surface area (Å²) in [4.78, 5) is 8.64. The van der Waals surface area contributed by atoms with Crippen LogP contribution in [-0.4, -0.2) is 17.0 Å². The quantitative estimate of drug-likeness (QED) is 0.868. The van der Waals surface area contributed by atoms with E-state index in [2.05, 4.69) is 52.6 Å². The number of aromatic nitrogens is 2. The lowest BCUT2D eigenvalue weighted by atomic mass is 10.1. The van der Waals surface area contributed by atoms with Crippen LogP contribution in [0.2, 0.25) is 0 Å². The number of anilines is 3. The summed E-state index contributed by atoms with van der Waals surface area (Å²) >= 11 is 0. The summed E-state index contributed by atoms with van der Waals surface area (Å²) in [7, 11) is 1.85. The Morgan fingerprint density at radius 1 is 0.833 bits per heavy atom. The fourth-order valence-corrected chi connectivity index (χ4v) is 1.95. The molecule has 2 rings (SSSR count). The third kappa shape index (κ3) is 2.97. The zero-order valence-electron chi connectivity index (χ0n) is 11.2. The predicted molar refractivity (Wildman–Crippen MR) is 75.5 cm³/mol. The van der Waals surface area contributed by atoms with Gasteiger partial charge < -0.3 is 10.6 Å². The van der Waals surface area contributed by atoms with Crippen molar-refractivity contribution in [2.24, 2.45) is 0 Å². The molecular weight excluding hydrogens is 224 g/mol.